The molecule has 0 amide bonds. The average Bonchev–Trinajstić information content (AvgIpc) is 2.39. The van der Waals surface area contributed by atoms with Crippen LogP contribution in [0.2, 0.25) is 0 Å². The van der Waals surface area contributed by atoms with Gasteiger partial charge in [0.15, 0.2) is 0 Å². The normalized spacial score (nSPS) is 35.8. The molecule has 106 valence electrons. The predicted molar refractivity (Wildman–Crippen MR) is 69.6 cm³/mol. The second-order valence-corrected chi connectivity index (χ2v) is 5.55. The zero-order chi connectivity index (χ0) is 13.0. The zero-order valence-corrected chi connectivity index (χ0v) is 11.5. The molecule has 0 aromatic rings. The minimum atomic E-state index is -0.414. The maximum Gasteiger partial charge on any atom is 0.107 e. The Labute approximate surface area is 109 Å². The molecule has 3 atom stereocenters. The molecule has 0 bridgehead atoms. The smallest absolute Gasteiger partial charge is 0.107 e. The van der Waals surface area contributed by atoms with Crippen LogP contribution in [0.15, 0.2) is 0 Å². The molecule has 0 aliphatic carbocycles. The molecule has 2 aliphatic heterocycles. The molecule has 0 saturated carbocycles. The summed E-state index contributed by atoms with van der Waals surface area (Å²) in [7, 11) is 3.79. The monoisotopic (exact) mass is 258 g/mol. The first-order valence-electron chi connectivity index (χ1n) is 6.91. The summed E-state index contributed by atoms with van der Waals surface area (Å²) in [5, 5.41) is 13.7. The first-order chi connectivity index (χ1) is 8.70. The van der Waals surface area contributed by atoms with Crippen molar-refractivity contribution in [2.75, 3.05) is 47.0 Å². The summed E-state index contributed by atoms with van der Waals surface area (Å²) in [6.07, 6.45) is 1.78. The van der Waals surface area contributed by atoms with Crippen molar-refractivity contribution in [1.82, 2.24) is 10.2 Å². The molecule has 2 aliphatic rings. The molecule has 0 radical (unpaired) electrons. The van der Waals surface area contributed by atoms with E-state index in [0.717, 1.165) is 19.6 Å². The standard InChI is InChI=1S/C13H26N2O3/c1-15-5-3-11(4-6-15)14-7-10-8-18-9-12(17-2)13(10)16/h10-14,16H,3-9H2,1-2H3/t10-,12-,13+/m1/s1. The number of ether oxygens (including phenoxy) is 2. The van der Waals surface area contributed by atoms with Gasteiger partial charge in [0, 0.05) is 25.6 Å². The van der Waals surface area contributed by atoms with Crippen molar-refractivity contribution in [2.45, 2.75) is 31.1 Å². The Bertz CT molecular complexity index is 244. The van der Waals surface area contributed by atoms with Crippen molar-refractivity contribution >= 4 is 0 Å². The van der Waals surface area contributed by atoms with E-state index in [0.29, 0.717) is 19.3 Å². The lowest BCUT2D eigenvalue weighted by molar-refractivity contribution is -0.133. The van der Waals surface area contributed by atoms with Gasteiger partial charge in [0.25, 0.3) is 0 Å². The van der Waals surface area contributed by atoms with Crippen molar-refractivity contribution in [3.63, 3.8) is 0 Å². The average molecular weight is 258 g/mol. The van der Waals surface area contributed by atoms with Gasteiger partial charge < -0.3 is 24.8 Å². The van der Waals surface area contributed by atoms with E-state index in [1.165, 1.54) is 12.8 Å². The van der Waals surface area contributed by atoms with Gasteiger partial charge in [0.05, 0.1) is 19.3 Å². The van der Waals surface area contributed by atoms with Crippen LogP contribution in [0.3, 0.4) is 0 Å². The molecule has 2 fully saturated rings. The van der Waals surface area contributed by atoms with Crippen molar-refractivity contribution in [2.24, 2.45) is 5.92 Å². The Hall–Kier alpha value is -0.200. The van der Waals surface area contributed by atoms with Gasteiger partial charge in [0.2, 0.25) is 0 Å². The summed E-state index contributed by atoms with van der Waals surface area (Å²) in [6.45, 7) is 4.25. The number of rotatable bonds is 4. The van der Waals surface area contributed by atoms with E-state index in [4.69, 9.17) is 9.47 Å². The van der Waals surface area contributed by atoms with E-state index in [-0.39, 0.29) is 12.0 Å². The van der Waals surface area contributed by atoms with Crippen molar-refractivity contribution in [3.05, 3.63) is 0 Å². The molecule has 2 N–H and O–H groups in total. The molecule has 0 spiro atoms. The maximum atomic E-state index is 10.1. The molecule has 5 heteroatoms. The third-order valence-corrected chi connectivity index (χ3v) is 4.17. The van der Waals surface area contributed by atoms with E-state index >= 15 is 0 Å². The topological polar surface area (TPSA) is 54.0 Å². The highest BCUT2D eigenvalue weighted by molar-refractivity contribution is 4.84. The number of nitrogens with one attached hydrogen (secondary N) is 1. The molecule has 18 heavy (non-hydrogen) atoms. The second kappa shape index (κ2) is 6.82. The van der Waals surface area contributed by atoms with E-state index < -0.39 is 6.10 Å². The van der Waals surface area contributed by atoms with Gasteiger partial charge in [-0.1, -0.05) is 0 Å². The third-order valence-electron chi connectivity index (χ3n) is 4.17. The van der Waals surface area contributed by atoms with Gasteiger partial charge in [-0.2, -0.15) is 0 Å². The van der Waals surface area contributed by atoms with E-state index in [9.17, 15) is 5.11 Å². The Morgan fingerprint density at radius 1 is 1.33 bits per heavy atom. The summed E-state index contributed by atoms with van der Waals surface area (Å²) >= 11 is 0. The fraction of sp³-hybridized carbons (Fsp3) is 1.00. The van der Waals surface area contributed by atoms with Crippen LogP contribution in [0.4, 0.5) is 0 Å². The van der Waals surface area contributed by atoms with Crippen LogP contribution in [0, 0.1) is 5.92 Å². The van der Waals surface area contributed by atoms with E-state index in [1.807, 2.05) is 0 Å². The fourth-order valence-electron chi connectivity index (χ4n) is 2.75. The third kappa shape index (κ3) is 3.65. The molecule has 0 aromatic carbocycles. The van der Waals surface area contributed by atoms with Crippen LogP contribution in [-0.4, -0.2) is 75.3 Å². The molecule has 5 nitrogen and oxygen atoms in total. The molecular weight excluding hydrogens is 232 g/mol. The van der Waals surface area contributed by atoms with Crippen LogP contribution in [0.25, 0.3) is 0 Å². The van der Waals surface area contributed by atoms with Crippen molar-refractivity contribution < 1.29 is 14.6 Å². The SMILES string of the molecule is CO[C@@H]1COC[C@@H](CNC2CCN(C)CC2)[C@@H]1O. The van der Waals surface area contributed by atoms with Gasteiger partial charge in [-0.15, -0.1) is 0 Å². The largest absolute Gasteiger partial charge is 0.390 e. The number of piperidine rings is 1. The maximum absolute atomic E-state index is 10.1. The summed E-state index contributed by atoms with van der Waals surface area (Å²) in [5.74, 6) is 0.142. The number of methoxy groups -OCH3 is 1. The highest BCUT2D eigenvalue weighted by atomic mass is 16.5. The van der Waals surface area contributed by atoms with Gasteiger partial charge in [0.1, 0.15) is 6.10 Å². The quantitative estimate of drug-likeness (QED) is 0.725. The van der Waals surface area contributed by atoms with Gasteiger partial charge in [-0.3, -0.25) is 0 Å². The van der Waals surface area contributed by atoms with Crippen molar-refractivity contribution in [1.29, 1.82) is 0 Å². The predicted octanol–water partition coefficient (Wildman–Crippen LogP) is -0.307. The van der Waals surface area contributed by atoms with E-state index in [1.54, 1.807) is 7.11 Å². The lowest BCUT2D eigenvalue weighted by Crippen LogP contribution is -2.51. The zero-order valence-electron chi connectivity index (χ0n) is 11.5. The summed E-state index contributed by atoms with van der Waals surface area (Å²) < 4.78 is 10.7. The highest BCUT2D eigenvalue weighted by Gasteiger charge is 2.32. The first-order valence-corrected chi connectivity index (χ1v) is 6.91. The Morgan fingerprint density at radius 3 is 2.72 bits per heavy atom. The highest BCUT2D eigenvalue weighted by Crippen LogP contribution is 2.17. The van der Waals surface area contributed by atoms with Crippen LogP contribution in [0.5, 0.6) is 0 Å². The summed E-state index contributed by atoms with van der Waals surface area (Å²) in [6, 6.07) is 0.580. The Kier molecular flexibility index (Phi) is 5.38. The van der Waals surface area contributed by atoms with Crippen LogP contribution in [-0.2, 0) is 9.47 Å². The lowest BCUT2D eigenvalue weighted by atomic mass is 9.95. The summed E-state index contributed by atoms with van der Waals surface area (Å²) in [4.78, 5) is 2.36. The molecule has 2 saturated heterocycles. The first kappa shape index (κ1) is 14.2. The molecule has 2 rings (SSSR count). The fourth-order valence-corrected chi connectivity index (χ4v) is 2.75. The molecule has 2 heterocycles. The number of aliphatic hydroxyl groups excluding tert-OH is 1. The molecular formula is C13H26N2O3. The Balaban J connectivity index is 1.72. The number of nitrogens with zero attached hydrogens (tertiary/aromatic N) is 1. The summed E-state index contributed by atoms with van der Waals surface area (Å²) in [5.41, 5.74) is 0. The number of aliphatic hydroxyl groups is 1. The van der Waals surface area contributed by atoms with Gasteiger partial charge in [-0.25, -0.2) is 0 Å². The Morgan fingerprint density at radius 2 is 2.06 bits per heavy atom. The number of likely N-dealkylation sites (tertiary alicyclic amines) is 1. The van der Waals surface area contributed by atoms with Gasteiger partial charge in [-0.05, 0) is 33.0 Å². The minimum Gasteiger partial charge on any atom is -0.390 e. The number of hydrogen-bond acceptors (Lipinski definition) is 5. The minimum absolute atomic E-state index is 0.142. The lowest BCUT2D eigenvalue weighted by Gasteiger charge is -2.36. The van der Waals surface area contributed by atoms with Crippen LogP contribution < -0.4 is 5.32 Å². The van der Waals surface area contributed by atoms with Gasteiger partial charge >= 0.3 is 0 Å². The van der Waals surface area contributed by atoms with Crippen LogP contribution >= 0.6 is 0 Å². The van der Waals surface area contributed by atoms with Crippen molar-refractivity contribution in [3.8, 4) is 0 Å². The second-order valence-electron chi connectivity index (χ2n) is 5.55. The number of hydrogen-bond donors (Lipinski definition) is 2. The molecule has 0 unspecified atom stereocenters. The molecule has 0 aromatic heterocycles. The van der Waals surface area contributed by atoms with Crippen LogP contribution in [0.1, 0.15) is 12.8 Å². The van der Waals surface area contributed by atoms with E-state index in [2.05, 4.69) is 17.3 Å².